The second kappa shape index (κ2) is 9.64. The van der Waals surface area contributed by atoms with Gasteiger partial charge in [0.25, 0.3) is 0 Å². The molecule has 1 heterocycles. The van der Waals surface area contributed by atoms with Crippen LogP contribution in [0.5, 0.6) is 0 Å². The highest BCUT2D eigenvalue weighted by Gasteiger charge is 2.14. The molecule has 28 heavy (non-hydrogen) atoms. The van der Waals surface area contributed by atoms with E-state index in [1.165, 1.54) is 11.1 Å². The van der Waals surface area contributed by atoms with Crippen molar-refractivity contribution in [3.8, 4) is 16.9 Å². The number of aromatic nitrogens is 2. The number of nitrogens with one attached hydrogen (secondary N) is 1. The number of benzene rings is 2. The largest absolute Gasteiger partial charge is 0.389 e. The third-order valence-electron chi connectivity index (χ3n) is 4.66. The van der Waals surface area contributed by atoms with Crippen molar-refractivity contribution in [3.63, 3.8) is 0 Å². The minimum atomic E-state index is -0.519. The van der Waals surface area contributed by atoms with Crippen LogP contribution < -0.4 is 5.32 Å². The van der Waals surface area contributed by atoms with Gasteiger partial charge in [-0.25, -0.2) is 4.68 Å². The van der Waals surface area contributed by atoms with Crippen molar-refractivity contribution < 1.29 is 9.84 Å². The maximum absolute atomic E-state index is 9.99. The number of aliphatic hydroxyl groups is 1. The minimum Gasteiger partial charge on any atom is -0.389 e. The molecule has 0 fully saturated rings. The number of aliphatic hydroxyl groups excluding tert-OH is 1. The van der Waals surface area contributed by atoms with E-state index in [0.29, 0.717) is 26.3 Å². The zero-order chi connectivity index (χ0) is 19.9. The molecule has 2 aromatic carbocycles. The lowest BCUT2D eigenvalue weighted by atomic mass is 10.1. The number of nitrogens with zero attached hydrogens (tertiary/aromatic N) is 2. The van der Waals surface area contributed by atoms with E-state index in [2.05, 4.69) is 55.7 Å². The van der Waals surface area contributed by atoms with Gasteiger partial charge in [-0.1, -0.05) is 42.5 Å². The number of aryl methyl sites for hydroxylation is 2. The molecule has 0 aliphatic heterocycles. The predicted molar refractivity (Wildman–Crippen MR) is 113 cm³/mol. The van der Waals surface area contributed by atoms with E-state index >= 15 is 0 Å². The Labute approximate surface area is 167 Å². The molecular weight excluding hydrogens is 350 g/mol. The van der Waals surface area contributed by atoms with E-state index in [9.17, 15) is 5.11 Å². The van der Waals surface area contributed by atoms with Crippen molar-refractivity contribution in [2.75, 3.05) is 19.8 Å². The van der Waals surface area contributed by atoms with Gasteiger partial charge in [-0.3, -0.25) is 0 Å². The van der Waals surface area contributed by atoms with Crippen molar-refractivity contribution in [2.24, 2.45) is 0 Å². The summed E-state index contributed by atoms with van der Waals surface area (Å²) in [5, 5.41) is 18.2. The van der Waals surface area contributed by atoms with Gasteiger partial charge in [-0.05, 0) is 38.0 Å². The smallest absolute Gasteiger partial charge is 0.0972 e. The summed E-state index contributed by atoms with van der Waals surface area (Å²) >= 11 is 0. The van der Waals surface area contributed by atoms with Crippen molar-refractivity contribution in [3.05, 3.63) is 71.4 Å². The first-order valence-corrected chi connectivity index (χ1v) is 9.76. The van der Waals surface area contributed by atoms with E-state index in [-0.39, 0.29) is 0 Å². The van der Waals surface area contributed by atoms with Crippen LogP contribution in [0.3, 0.4) is 0 Å². The molecule has 0 saturated heterocycles. The molecule has 0 bridgehead atoms. The molecule has 1 aromatic heterocycles. The Morgan fingerprint density at radius 1 is 1.14 bits per heavy atom. The maximum atomic E-state index is 9.99. The summed E-state index contributed by atoms with van der Waals surface area (Å²) in [6, 6.07) is 16.6. The summed E-state index contributed by atoms with van der Waals surface area (Å²) in [6.45, 7) is 8.16. The van der Waals surface area contributed by atoms with Crippen LogP contribution in [0.15, 0.2) is 54.7 Å². The zero-order valence-corrected chi connectivity index (χ0v) is 16.9. The van der Waals surface area contributed by atoms with E-state index < -0.39 is 6.10 Å². The van der Waals surface area contributed by atoms with Crippen LogP contribution in [0.1, 0.15) is 23.6 Å². The fourth-order valence-electron chi connectivity index (χ4n) is 3.15. The Kier molecular flexibility index (Phi) is 6.98. The van der Waals surface area contributed by atoms with Gasteiger partial charge in [0.1, 0.15) is 0 Å². The van der Waals surface area contributed by atoms with Gasteiger partial charge in [0, 0.05) is 37.0 Å². The van der Waals surface area contributed by atoms with Crippen molar-refractivity contribution in [1.82, 2.24) is 15.1 Å². The standard InChI is InChI=1S/C23H29N3O2/c1-4-28-16-21(27)14-24-13-20-15-26(22-12-17(2)10-11-18(22)3)25-23(20)19-8-6-5-7-9-19/h5-12,15,21,24,27H,4,13-14,16H2,1-3H3/t21-/m1/s1. The zero-order valence-electron chi connectivity index (χ0n) is 16.9. The van der Waals surface area contributed by atoms with Gasteiger partial charge in [-0.15, -0.1) is 0 Å². The molecule has 5 nitrogen and oxygen atoms in total. The van der Waals surface area contributed by atoms with Crippen LogP contribution in [0.2, 0.25) is 0 Å². The highest BCUT2D eigenvalue weighted by molar-refractivity contribution is 5.63. The second-order valence-electron chi connectivity index (χ2n) is 7.05. The van der Waals surface area contributed by atoms with Crippen LogP contribution in [0, 0.1) is 13.8 Å². The number of hydrogen-bond acceptors (Lipinski definition) is 4. The lowest BCUT2D eigenvalue weighted by molar-refractivity contribution is 0.0427. The number of rotatable bonds is 9. The van der Waals surface area contributed by atoms with E-state index in [1.54, 1.807) is 0 Å². The highest BCUT2D eigenvalue weighted by atomic mass is 16.5. The quantitative estimate of drug-likeness (QED) is 0.596. The van der Waals surface area contributed by atoms with Crippen LogP contribution in [-0.2, 0) is 11.3 Å². The fourth-order valence-corrected chi connectivity index (χ4v) is 3.15. The second-order valence-corrected chi connectivity index (χ2v) is 7.05. The first-order chi connectivity index (χ1) is 13.6. The molecule has 1 atom stereocenters. The van der Waals surface area contributed by atoms with E-state index in [0.717, 1.165) is 22.5 Å². The summed E-state index contributed by atoms with van der Waals surface area (Å²) < 4.78 is 7.23. The summed E-state index contributed by atoms with van der Waals surface area (Å²) in [4.78, 5) is 0. The molecule has 3 rings (SSSR count). The van der Waals surface area contributed by atoms with Crippen LogP contribution in [0.25, 0.3) is 16.9 Å². The first-order valence-electron chi connectivity index (χ1n) is 9.76. The molecule has 0 aliphatic carbocycles. The topological polar surface area (TPSA) is 59.3 Å². The Hall–Kier alpha value is -2.47. The van der Waals surface area contributed by atoms with Gasteiger partial charge in [-0.2, -0.15) is 5.10 Å². The number of ether oxygens (including phenoxy) is 1. The molecule has 0 radical (unpaired) electrons. The fraction of sp³-hybridized carbons (Fsp3) is 0.348. The lowest BCUT2D eigenvalue weighted by Crippen LogP contribution is -2.30. The molecular formula is C23H29N3O2. The van der Waals surface area contributed by atoms with Gasteiger partial charge < -0.3 is 15.2 Å². The third-order valence-corrected chi connectivity index (χ3v) is 4.66. The summed E-state index contributed by atoms with van der Waals surface area (Å²) in [7, 11) is 0. The first kappa shape index (κ1) is 20.3. The molecule has 5 heteroatoms. The monoisotopic (exact) mass is 379 g/mol. The summed E-state index contributed by atoms with van der Waals surface area (Å²) in [5.41, 5.74) is 6.59. The van der Waals surface area contributed by atoms with Crippen LogP contribution in [0.4, 0.5) is 0 Å². The molecule has 3 aromatic rings. The predicted octanol–water partition coefficient (Wildman–Crippen LogP) is 3.64. The molecule has 0 unspecified atom stereocenters. The normalized spacial score (nSPS) is 12.3. The van der Waals surface area contributed by atoms with Gasteiger partial charge in [0.05, 0.1) is 24.1 Å². The third kappa shape index (κ3) is 5.07. The highest BCUT2D eigenvalue weighted by Crippen LogP contribution is 2.25. The van der Waals surface area contributed by atoms with E-state index in [1.807, 2.05) is 29.8 Å². The summed E-state index contributed by atoms with van der Waals surface area (Å²) in [5.74, 6) is 0. The Bertz CT molecular complexity index is 890. The molecule has 0 amide bonds. The molecule has 0 spiro atoms. The average molecular weight is 380 g/mol. The molecule has 0 aliphatic rings. The Balaban J connectivity index is 1.85. The van der Waals surface area contributed by atoms with Gasteiger partial charge in [0.15, 0.2) is 0 Å². The average Bonchev–Trinajstić information content (AvgIpc) is 3.13. The molecule has 0 saturated carbocycles. The van der Waals surface area contributed by atoms with Crippen LogP contribution in [-0.4, -0.2) is 40.7 Å². The molecule has 2 N–H and O–H groups in total. The van der Waals surface area contributed by atoms with Gasteiger partial charge >= 0.3 is 0 Å². The molecule has 148 valence electrons. The van der Waals surface area contributed by atoms with E-state index in [4.69, 9.17) is 9.84 Å². The van der Waals surface area contributed by atoms with Crippen molar-refractivity contribution in [1.29, 1.82) is 0 Å². The lowest BCUT2D eigenvalue weighted by Gasteiger charge is -2.11. The number of hydrogen-bond donors (Lipinski definition) is 2. The maximum Gasteiger partial charge on any atom is 0.0972 e. The van der Waals surface area contributed by atoms with Crippen molar-refractivity contribution >= 4 is 0 Å². The van der Waals surface area contributed by atoms with Crippen LogP contribution >= 0.6 is 0 Å². The Morgan fingerprint density at radius 2 is 1.93 bits per heavy atom. The van der Waals surface area contributed by atoms with Gasteiger partial charge in [0.2, 0.25) is 0 Å². The van der Waals surface area contributed by atoms with Crippen molar-refractivity contribution in [2.45, 2.75) is 33.4 Å². The Morgan fingerprint density at radius 3 is 2.68 bits per heavy atom. The summed E-state index contributed by atoms with van der Waals surface area (Å²) in [6.07, 6.45) is 1.56. The minimum absolute atomic E-state index is 0.344. The SMILES string of the molecule is CCOC[C@H](O)CNCc1cn(-c2cc(C)ccc2C)nc1-c1ccccc1.